The number of fused-ring (bicyclic) bond motifs is 1. The molecule has 2 fully saturated rings. The fraction of sp³-hybridized carbons (Fsp3) is 0.458. The van der Waals surface area contributed by atoms with Gasteiger partial charge in [0.2, 0.25) is 0 Å². The van der Waals surface area contributed by atoms with Gasteiger partial charge >= 0.3 is 6.09 Å². The van der Waals surface area contributed by atoms with Crippen LogP contribution in [0.15, 0.2) is 30.6 Å². The summed E-state index contributed by atoms with van der Waals surface area (Å²) >= 11 is 0. The van der Waals surface area contributed by atoms with E-state index in [2.05, 4.69) is 31.5 Å². The number of amides is 1. The molecule has 33 heavy (non-hydrogen) atoms. The Bertz CT molecular complexity index is 1180. The molecule has 9 heteroatoms. The largest absolute Gasteiger partial charge is 0.495 e. The van der Waals surface area contributed by atoms with Crippen molar-refractivity contribution in [3.8, 4) is 17.0 Å². The second-order valence-electron chi connectivity index (χ2n) is 9.06. The molecule has 2 N–H and O–H groups in total. The first-order valence-electron chi connectivity index (χ1n) is 11.4. The number of aryl methyl sites for hydroxylation is 1. The molecule has 0 radical (unpaired) electrons. The van der Waals surface area contributed by atoms with Crippen LogP contribution in [0.5, 0.6) is 5.75 Å². The van der Waals surface area contributed by atoms with Crippen molar-refractivity contribution in [2.24, 2.45) is 0 Å². The molecule has 0 bridgehead atoms. The number of rotatable bonds is 5. The van der Waals surface area contributed by atoms with E-state index >= 15 is 0 Å². The summed E-state index contributed by atoms with van der Waals surface area (Å²) in [4.78, 5) is 25.7. The molecule has 3 heterocycles. The van der Waals surface area contributed by atoms with Crippen LogP contribution in [0.25, 0.3) is 16.8 Å². The van der Waals surface area contributed by atoms with E-state index in [9.17, 15) is 4.79 Å². The lowest BCUT2D eigenvalue weighted by molar-refractivity contribution is 0.0586. The molecule has 1 aromatic carbocycles. The highest BCUT2D eigenvalue weighted by atomic mass is 16.5. The van der Waals surface area contributed by atoms with E-state index in [1.807, 2.05) is 31.5 Å². The van der Waals surface area contributed by atoms with Gasteiger partial charge in [-0.1, -0.05) is 6.07 Å². The minimum Gasteiger partial charge on any atom is -0.495 e. The lowest BCUT2D eigenvalue weighted by Crippen LogP contribution is -2.52. The average Bonchev–Trinajstić information content (AvgIpc) is 3.14. The number of carbonyl (C=O) groups is 1. The van der Waals surface area contributed by atoms with Gasteiger partial charge in [0.15, 0.2) is 0 Å². The van der Waals surface area contributed by atoms with Crippen LogP contribution in [-0.4, -0.2) is 81.7 Å². The zero-order chi connectivity index (χ0) is 23.1. The number of ether oxygens (including phenoxy) is 1. The fourth-order valence-corrected chi connectivity index (χ4v) is 5.05. The number of nitrogens with zero attached hydrogens (tertiary/aromatic N) is 5. The number of anilines is 1. The predicted molar refractivity (Wildman–Crippen MR) is 126 cm³/mol. The number of benzene rings is 1. The lowest BCUT2D eigenvalue weighted by atomic mass is 9.78. The smallest absolute Gasteiger partial charge is 0.409 e. The average molecular weight is 451 g/mol. The monoisotopic (exact) mass is 450 g/mol. The van der Waals surface area contributed by atoms with Crippen molar-refractivity contribution in [3.63, 3.8) is 0 Å². The van der Waals surface area contributed by atoms with E-state index in [0.29, 0.717) is 23.4 Å². The number of carboxylic acid groups (broad SMARTS) is 1. The summed E-state index contributed by atoms with van der Waals surface area (Å²) < 4.78 is 7.62. The van der Waals surface area contributed by atoms with Crippen molar-refractivity contribution >= 4 is 17.3 Å². The summed E-state index contributed by atoms with van der Waals surface area (Å²) in [6, 6.07) is 6.05. The highest BCUT2D eigenvalue weighted by molar-refractivity contribution is 5.88. The van der Waals surface area contributed by atoms with E-state index in [1.54, 1.807) is 6.07 Å². The van der Waals surface area contributed by atoms with E-state index in [1.165, 1.54) is 7.11 Å². The first kappa shape index (κ1) is 21.7. The first-order chi connectivity index (χ1) is 15.9. The minimum absolute atomic E-state index is 0.404. The zero-order valence-corrected chi connectivity index (χ0v) is 19.3. The van der Waals surface area contributed by atoms with Crippen LogP contribution in [0.4, 0.5) is 10.5 Å². The van der Waals surface area contributed by atoms with Crippen LogP contribution < -0.4 is 10.1 Å². The summed E-state index contributed by atoms with van der Waals surface area (Å²) in [7, 11) is 3.72. The van der Waals surface area contributed by atoms with Crippen molar-refractivity contribution in [3.05, 3.63) is 42.1 Å². The first-order valence-corrected chi connectivity index (χ1v) is 11.4. The number of hydrogen-bond acceptors (Lipinski definition) is 6. The van der Waals surface area contributed by atoms with Crippen LogP contribution in [-0.2, 0) is 0 Å². The van der Waals surface area contributed by atoms with Crippen LogP contribution in [0, 0.1) is 6.92 Å². The molecule has 1 saturated carbocycles. The third-order valence-electron chi connectivity index (χ3n) is 7.01. The third kappa shape index (κ3) is 4.02. The third-order valence-corrected chi connectivity index (χ3v) is 7.01. The van der Waals surface area contributed by atoms with Crippen LogP contribution >= 0.6 is 0 Å². The van der Waals surface area contributed by atoms with Gasteiger partial charge in [0.05, 0.1) is 29.7 Å². The van der Waals surface area contributed by atoms with E-state index in [4.69, 9.17) is 14.8 Å². The highest BCUT2D eigenvalue weighted by Gasteiger charge is 2.38. The molecule has 2 aliphatic rings. The maximum absolute atomic E-state index is 11.1. The van der Waals surface area contributed by atoms with E-state index in [-0.39, 0.29) is 0 Å². The molecule has 2 aromatic heterocycles. The van der Waals surface area contributed by atoms with Crippen molar-refractivity contribution in [2.75, 3.05) is 45.7 Å². The molecular formula is C24H30N6O3. The lowest BCUT2D eigenvalue weighted by Gasteiger charge is -2.45. The van der Waals surface area contributed by atoms with Gasteiger partial charge in [-0.05, 0) is 38.9 Å². The van der Waals surface area contributed by atoms with Gasteiger partial charge in [-0.3, -0.25) is 19.6 Å². The fourth-order valence-electron chi connectivity index (χ4n) is 5.05. The quantitative estimate of drug-likeness (QED) is 0.616. The zero-order valence-electron chi connectivity index (χ0n) is 19.3. The maximum Gasteiger partial charge on any atom is 0.409 e. The molecule has 1 saturated heterocycles. The number of methoxy groups -OCH3 is 1. The van der Waals surface area contributed by atoms with Crippen LogP contribution in [0.3, 0.4) is 0 Å². The van der Waals surface area contributed by atoms with Gasteiger partial charge in [0.1, 0.15) is 11.6 Å². The Morgan fingerprint density at radius 2 is 1.97 bits per heavy atom. The minimum atomic E-state index is -1.13. The Kier molecular flexibility index (Phi) is 5.67. The van der Waals surface area contributed by atoms with E-state index < -0.39 is 6.09 Å². The maximum atomic E-state index is 11.1. The Morgan fingerprint density at radius 3 is 2.67 bits per heavy atom. The molecule has 1 amide bonds. The Morgan fingerprint density at radius 1 is 1.21 bits per heavy atom. The van der Waals surface area contributed by atoms with Gasteiger partial charge in [-0.25, -0.2) is 9.78 Å². The summed E-state index contributed by atoms with van der Waals surface area (Å²) in [6.07, 6.45) is 4.93. The van der Waals surface area contributed by atoms with Crippen molar-refractivity contribution in [1.82, 2.24) is 24.2 Å². The summed E-state index contributed by atoms with van der Waals surface area (Å²) in [6.45, 7) is 6.55. The van der Waals surface area contributed by atoms with Gasteiger partial charge in [-0.15, -0.1) is 0 Å². The van der Waals surface area contributed by atoms with Gasteiger partial charge in [-0.2, -0.15) is 0 Å². The molecule has 5 rings (SSSR count). The normalized spacial score (nSPS) is 21.7. The van der Waals surface area contributed by atoms with Crippen LogP contribution in [0.2, 0.25) is 0 Å². The molecule has 1 aliphatic carbocycles. The number of nitrogens with one attached hydrogen (secondary N) is 1. The second kappa shape index (κ2) is 8.64. The SMILES string of the molecule is COc1cc(-c2nc([C@H]3C[C@H](N4CCN(C)CC4)C3)n3ccnc(C)c23)ccc1NC(=O)O. The van der Waals surface area contributed by atoms with Crippen molar-refractivity contribution < 1.29 is 14.6 Å². The number of aromatic nitrogens is 3. The molecular weight excluding hydrogens is 420 g/mol. The summed E-state index contributed by atoms with van der Waals surface area (Å²) in [5.74, 6) is 1.94. The number of hydrogen-bond donors (Lipinski definition) is 2. The predicted octanol–water partition coefficient (Wildman–Crippen LogP) is 3.30. The molecule has 0 atom stereocenters. The highest BCUT2D eigenvalue weighted by Crippen LogP contribution is 2.42. The standard InChI is InChI=1S/C24H30N6O3/c1-15-22-21(16-4-5-19(26-24(31)32)20(14-16)33-3)27-23(30(22)7-6-25-15)17-12-18(13-17)29-10-8-28(2)9-11-29/h4-7,14,17-18,26H,8-13H2,1-3H3,(H,31,32)/t17-,18-. The van der Waals surface area contributed by atoms with E-state index in [0.717, 1.165) is 67.3 Å². The van der Waals surface area contributed by atoms with Gasteiger partial charge in [0.25, 0.3) is 0 Å². The molecule has 0 spiro atoms. The van der Waals surface area contributed by atoms with Crippen molar-refractivity contribution in [1.29, 1.82) is 0 Å². The van der Waals surface area contributed by atoms with Gasteiger partial charge < -0.3 is 14.7 Å². The topological polar surface area (TPSA) is 95.2 Å². The molecule has 174 valence electrons. The second-order valence-corrected chi connectivity index (χ2v) is 9.06. The summed E-state index contributed by atoms with van der Waals surface area (Å²) in [5.41, 5.74) is 4.02. The molecule has 3 aromatic rings. The Balaban J connectivity index is 1.46. The Hall–Kier alpha value is -3.17. The summed E-state index contributed by atoms with van der Waals surface area (Å²) in [5, 5.41) is 11.5. The molecule has 9 nitrogen and oxygen atoms in total. The van der Waals surface area contributed by atoms with Crippen LogP contribution in [0.1, 0.15) is 30.3 Å². The number of likely N-dealkylation sites (N-methyl/N-ethyl adjacent to an activating group) is 1. The van der Waals surface area contributed by atoms with Gasteiger partial charge in [0, 0.05) is 56.1 Å². The molecule has 1 aliphatic heterocycles. The Labute approximate surface area is 193 Å². The number of imidazole rings is 1. The van der Waals surface area contributed by atoms with Crippen molar-refractivity contribution in [2.45, 2.75) is 31.7 Å². The number of piperazine rings is 1. The molecule has 0 unspecified atom stereocenters.